The number of allylic oxidation sites excluding steroid dienone is 2. The van der Waals surface area contributed by atoms with E-state index < -0.39 is 5.97 Å². The molecule has 1 heterocycles. The molecule has 130 valence electrons. The molecule has 24 heavy (non-hydrogen) atoms. The van der Waals surface area contributed by atoms with Crippen LogP contribution >= 0.6 is 11.8 Å². The van der Waals surface area contributed by atoms with E-state index in [1.54, 1.807) is 4.68 Å². The maximum atomic E-state index is 10.9. The van der Waals surface area contributed by atoms with E-state index >= 15 is 0 Å². The quantitative estimate of drug-likeness (QED) is 0.482. The first kappa shape index (κ1) is 17.2. The van der Waals surface area contributed by atoms with Gasteiger partial charge >= 0.3 is 5.97 Å². The highest BCUT2D eigenvalue weighted by Gasteiger charge is 2.24. The molecule has 0 spiro atoms. The molecule has 1 saturated carbocycles. The third-order valence-corrected chi connectivity index (χ3v) is 5.54. The van der Waals surface area contributed by atoms with Gasteiger partial charge in [0.05, 0.1) is 5.75 Å². The molecule has 1 fully saturated rings. The van der Waals surface area contributed by atoms with Crippen molar-refractivity contribution < 1.29 is 9.90 Å². The Hall–Kier alpha value is -1.63. The fraction of sp³-hybridized carbons (Fsp3) is 0.647. The number of aliphatic carboxylic acids is 1. The lowest BCUT2D eigenvalue weighted by Crippen LogP contribution is -2.12. The van der Waals surface area contributed by atoms with Crippen LogP contribution in [0.5, 0.6) is 0 Å². The van der Waals surface area contributed by atoms with Crippen LogP contribution in [-0.4, -0.2) is 37.9 Å². The van der Waals surface area contributed by atoms with Gasteiger partial charge in [-0.25, -0.2) is 0 Å². The number of nitrogens with zero attached hydrogens (tertiary/aromatic N) is 4. The second-order valence-electron chi connectivity index (χ2n) is 6.48. The first-order chi connectivity index (χ1) is 11.7. The number of carbonyl (C=O) groups is 1. The molecule has 0 amide bonds. The molecule has 2 aliphatic carbocycles. The van der Waals surface area contributed by atoms with Crippen LogP contribution in [0, 0.1) is 5.92 Å². The van der Waals surface area contributed by atoms with Crippen molar-refractivity contribution in [1.82, 2.24) is 14.9 Å². The number of thioether (sulfide) groups is 1. The van der Waals surface area contributed by atoms with Gasteiger partial charge in [0.25, 0.3) is 0 Å². The summed E-state index contributed by atoms with van der Waals surface area (Å²) >= 11 is 1.19. The first-order valence-corrected chi connectivity index (χ1v) is 9.72. The van der Waals surface area contributed by atoms with Crippen molar-refractivity contribution in [3.8, 4) is 0 Å². The normalized spacial score (nSPS) is 22.2. The van der Waals surface area contributed by atoms with Crippen molar-refractivity contribution in [3.05, 3.63) is 18.0 Å². The molecule has 1 aromatic rings. The Kier molecular flexibility index (Phi) is 6.07. The van der Waals surface area contributed by atoms with Crippen LogP contribution in [0.2, 0.25) is 0 Å². The summed E-state index contributed by atoms with van der Waals surface area (Å²) in [5.74, 6) is 0.841. The smallest absolute Gasteiger partial charge is 0.313 e. The van der Waals surface area contributed by atoms with Crippen molar-refractivity contribution in [2.24, 2.45) is 11.0 Å². The summed E-state index contributed by atoms with van der Waals surface area (Å²) in [6, 6.07) is 0. The highest BCUT2D eigenvalue weighted by Crippen LogP contribution is 2.33. The second-order valence-corrected chi connectivity index (χ2v) is 7.42. The Labute approximate surface area is 146 Å². The predicted octanol–water partition coefficient (Wildman–Crippen LogP) is 3.69. The molecule has 1 aromatic heterocycles. The van der Waals surface area contributed by atoms with Gasteiger partial charge in [-0.05, 0) is 38.0 Å². The predicted molar refractivity (Wildman–Crippen MR) is 94.6 cm³/mol. The van der Waals surface area contributed by atoms with Crippen LogP contribution in [0.1, 0.15) is 63.1 Å². The number of carboxylic acid groups (broad SMARTS) is 1. The number of hydrogen-bond acceptors (Lipinski definition) is 5. The summed E-state index contributed by atoms with van der Waals surface area (Å²) in [6.45, 7) is 0. The summed E-state index contributed by atoms with van der Waals surface area (Å²) in [6.07, 6.45) is 15.6. The molecule has 2 aliphatic rings. The molecule has 0 bridgehead atoms. The SMILES string of the molecule is O=C(O)CSc1nnc(C2CCCCC2)n1/N=C\[C@@H]1CC=CCC1. The van der Waals surface area contributed by atoms with Crippen molar-refractivity contribution in [2.75, 3.05) is 5.75 Å². The summed E-state index contributed by atoms with van der Waals surface area (Å²) in [5, 5.41) is 22.7. The average molecular weight is 348 g/mol. The van der Waals surface area contributed by atoms with E-state index in [4.69, 9.17) is 5.11 Å². The highest BCUT2D eigenvalue weighted by atomic mass is 32.2. The Balaban J connectivity index is 1.80. The minimum Gasteiger partial charge on any atom is -0.481 e. The van der Waals surface area contributed by atoms with Gasteiger partial charge < -0.3 is 5.11 Å². The Bertz CT molecular complexity index is 620. The maximum absolute atomic E-state index is 10.9. The molecule has 0 aromatic carbocycles. The summed E-state index contributed by atoms with van der Waals surface area (Å²) in [7, 11) is 0. The minimum absolute atomic E-state index is 0.0233. The van der Waals surface area contributed by atoms with E-state index in [0.29, 0.717) is 17.0 Å². The van der Waals surface area contributed by atoms with Gasteiger partial charge in [0.2, 0.25) is 5.16 Å². The second kappa shape index (κ2) is 8.46. The monoisotopic (exact) mass is 348 g/mol. The van der Waals surface area contributed by atoms with Crippen LogP contribution in [0.4, 0.5) is 0 Å². The fourth-order valence-corrected chi connectivity index (χ4v) is 3.94. The standard InChI is InChI=1S/C17H24N4O2S/c22-15(23)12-24-17-20-19-16(14-9-5-2-6-10-14)21(17)18-11-13-7-3-1-4-8-13/h1,3,11,13-14H,2,4-10,12H2,(H,22,23)/b18-11-/t13-/m1/s1. The maximum Gasteiger partial charge on any atom is 0.313 e. The lowest BCUT2D eigenvalue weighted by Gasteiger charge is -2.20. The van der Waals surface area contributed by atoms with E-state index in [9.17, 15) is 4.79 Å². The molecule has 3 rings (SSSR count). The molecule has 1 atom stereocenters. The zero-order valence-corrected chi connectivity index (χ0v) is 14.6. The fourth-order valence-electron chi connectivity index (χ4n) is 3.33. The van der Waals surface area contributed by atoms with Gasteiger partial charge in [-0.3, -0.25) is 4.79 Å². The van der Waals surface area contributed by atoms with Gasteiger partial charge in [0, 0.05) is 12.1 Å². The van der Waals surface area contributed by atoms with Crippen molar-refractivity contribution in [3.63, 3.8) is 0 Å². The van der Waals surface area contributed by atoms with Gasteiger partial charge in [0.15, 0.2) is 5.82 Å². The van der Waals surface area contributed by atoms with E-state index in [0.717, 1.165) is 37.9 Å². The van der Waals surface area contributed by atoms with E-state index in [2.05, 4.69) is 27.5 Å². The minimum atomic E-state index is -0.852. The van der Waals surface area contributed by atoms with Crippen molar-refractivity contribution in [2.45, 2.75) is 62.4 Å². The molecule has 0 radical (unpaired) electrons. The molecule has 1 N–H and O–H groups in total. The van der Waals surface area contributed by atoms with Gasteiger partial charge in [-0.2, -0.15) is 9.78 Å². The Morgan fingerprint density at radius 1 is 1.29 bits per heavy atom. The van der Waals surface area contributed by atoms with Crippen LogP contribution in [0.3, 0.4) is 0 Å². The van der Waals surface area contributed by atoms with Crippen LogP contribution in [-0.2, 0) is 4.79 Å². The van der Waals surface area contributed by atoms with E-state index in [1.807, 2.05) is 6.21 Å². The molecule has 7 heteroatoms. The Morgan fingerprint density at radius 2 is 2.12 bits per heavy atom. The summed E-state index contributed by atoms with van der Waals surface area (Å²) in [4.78, 5) is 10.9. The van der Waals surface area contributed by atoms with Gasteiger partial charge in [0.1, 0.15) is 0 Å². The highest BCUT2D eigenvalue weighted by molar-refractivity contribution is 7.99. The van der Waals surface area contributed by atoms with Crippen molar-refractivity contribution in [1.29, 1.82) is 0 Å². The third kappa shape index (κ3) is 4.47. The molecular weight excluding hydrogens is 324 g/mol. The summed E-state index contributed by atoms with van der Waals surface area (Å²) < 4.78 is 1.79. The summed E-state index contributed by atoms with van der Waals surface area (Å²) in [5.41, 5.74) is 0. The van der Waals surface area contributed by atoms with Crippen LogP contribution in [0.15, 0.2) is 22.4 Å². The zero-order chi connectivity index (χ0) is 16.8. The molecular formula is C17H24N4O2S. The first-order valence-electron chi connectivity index (χ1n) is 8.73. The number of aromatic nitrogens is 3. The molecule has 6 nitrogen and oxygen atoms in total. The number of carboxylic acids is 1. The number of rotatable bonds is 6. The lowest BCUT2D eigenvalue weighted by molar-refractivity contribution is -0.133. The third-order valence-electron chi connectivity index (χ3n) is 4.63. The largest absolute Gasteiger partial charge is 0.481 e. The topological polar surface area (TPSA) is 80.4 Å². The molecule has 0 aliphatic heterocycles. The van der Waals surface area contributed by atoms with Gasteiger partial charge in [-0.1, -0.05) is 43.2 Å². The number of hydrogen-bond donors (Lipinski definition) is 1. The van der Waals surface area contributed by atoms with Gasteiger partial charge in [-0.15, -0.1) is 10.2 Å². The lowest BCUT2D eigenvalue weighted by atomic mass is 9.89. The average Bonchev–Trinajstić information content (AvgIpc) is 3.02. The van der Waals surface area contributed by atoms with E-state index in [1.165, 1.54) is 31.0 Å². The Morgan fingerprint density at radius 3 is 2.83 bits per heavy atom. The van der Waals surface area contributed by atoms with Crippen molar-refractivity contribution >= 4 is 23.9 Å². The van der Waals surface area contributed by atoms with E-state index in [-0.39, 0.29) is 5.75 Å². The molecule has 0 saturated heterocycles. The zero-order valence-electron chi connectivity index (χ0n) is 13.8. The van der Waals surface area contributed by atoms with Crippen LogP contribution in [0.25, 0.3) is 0 Å². The van der Waals surface area contributed by atoms with Crippen LogP contribution < -0.4 is 0 Å². The molecule has 0 unspecified atom stereocenters.